The Hall–Kier alpha value is -0.490. The minimum Gasteiger partial charge on any atom is -0.495 e. The molecule has 1 unspecified atom stereocenters. The van der Waals surface area contributed by atoms with Crippen LogP contribution < -0.4 is 10.5 Å². The molecule has 0 saturated carbocycles. The topological polar surface area (TPSA) is 35.2 Å². The van der Waals surface area contributed by atoms with Crippen LogP contribution in [0.5, 0.6) is 5.75 Å². The fraction of sp³-hybridized carbons (Fsp3) is 0.200. The van der Waals surface area contributed by atoms with Gasteiger partial charge in [-0.1, -0.05) is 41.4 Å². The summed E-state index contributed by atoms with van der Waals surface area (Å²) in [4.78, 5) is 0. The molecule has 5 heteroatoms. The number of methoxy groups -OCH3 is 1. The zero-order valence-corrected chi connectivity index (χ0v) is 14.8. The fourth-order valence-electron chi connectivity index (χ4n) is 2.02. The van der Waals surface area contributed by atoms with E-state index in [2.05, 4.69) is 35.6 Å². The van der Waals surface area contributed by atoms with Crippen molar-refractivity contribution in [3.05, 3.63) is 60.6 Å². The minimum atomic E-state index is -0.322. The van der Waals surface area contributed by atoms with Gasteiger partial charge in [0.05, 0.1) is 18.2 Å². The van der Waals surface area contributed by atoms with E-state index in [-0.39, 0.29) is 6.04 Å². The monoisotopic (exact) mass is 421 g/mol. The van der Waals surface area contributed by atoms with Crippen LogP contribution in [-0.2, 0) is 0 Å². The molecular formula is C15H14Cl2INO. The van der Waals surface area contributed by atoms with Crippen molar-refractivity contribution in [1.29, 1.82) is 0 Å². The summed E-state index contributed by atoms with van der Waals surface area (Å²) in [5, 5.41) is 1.06. The normalized spacial score (nSPS) is 12.3. The molecule has 0 radical (unpaired) electrons. The molecule has 0 aliphatic carbocycles. The van der Waals surface area contributed by atoms with Crippen molar-refractivity contribution in [1.82, 2.24) is 0 Å². The van der Waals surface area contributed by atoms with Crippen LogP contribution in [0.4, 0.5) is 0 Å². The first kappa shape index (κ1) is 15.9. The Kier molecular flexibility index (Phi) is 5.18. The van der Waals surface area contributed by atoms with E-state index in [1.807, 2.05) is 12.1 Å². The van der Waals surface area contributed by atoms with Crippen LogP contribution in [0.25, 0.3) is 0 Å². The van der Waals surface area contributed by atoms with E-state index in [0.29, 0.717) is 15.8 Å². The minimum absolute atomic E-state index is 0.322. The van der Waals surface area contributed by atoms with Crippen molar-refractivity contribution in [2.45, 2.75) is 13.0 Å². The largest absolute Gasteiger partial charge is 0.495 e. The number of aryl methyl sites for hydroxylation is 1. The van der Waals surface area contributed by atoms with E-state index >= 15 is 0 Å². The molecule has 0 amide bonds. The summed E-state index contributed by atoms with van der Waals surface area (Å²) in [6.45, 7) is 2.06. The lowest BCUT2D eigenvalue weighted by atomic mass is 9.98. The van der Waals surface area contributed by atoms with E-state index in [1.165, 1.54) is 5.56 Å². The highest BCUT2D eigenvalue weighted by Crippen LogP contribution is 2.36. The summed E-state index contributed by atoms with van der Waals surface area (Å²) in [7, 11) is 1.56. The summed E-state index contributed by atoms with van der Waals surface area (Å²) in [5.41, 5.74) is 9.38. The second kappa shape index (κ2) is 6.52. The molecule has 0 bridgehead atoms. The highest BCUT2D eigenvalue weighted by molar-refractivity contribution is 14.1. The van der Waals surface area contributed by atoms with Gasteiger partial charge in [-0.2, -0.15) is 0 Å². The van der Waals surface area contributed by atoms with Gasteiger partial charge in [0.15, 0.2) is 0 Å². The SMILES string of the molecule is COc1cc(Cl)c(C(N)c2cccc(C)c2I)cc1Cl. The molecular weight excluding hydrogens is 408 g/mol. The number of rotatable bonds is 3. The van der Waals surface area contributed by atoms with Crippen molar-refractivity contribution in [2.24, 2.45) is 5.73 Å². The average Bonchev–Trinajstić information content (AvgIpc) is 2.43. The Morgan fingerprint density at radius 2 is 1.85 bits per heavy atom. The van der Waals surface area contributed by atoms with Crippen molar-refractivity contribution in [2.75, 3.05) is 7.11 Å². The quantitative estimate of drug-likeness (QED) is 0.710. The van der Waals surface area contributed by atoms with Crippen LogP contribution in [-0.4, -0.2) is 7.11 Å². The third kappa shape index (κ3) is 3.06. The summed E-state index contributed by atoms with van der Waals surface area (Å²) in [6.07, 6.45) is 0. The predicted molar refractivity (Wildman–Crippen MR) is 92.9 cm³/mol. The molecule has 20 heavy (non-hydrogen) atoms. The molecule has 0 fully saturated rings. The fourth-order valence-corrected chi connectivity index (χ4v) is 3.23. The Morgan fingerprint density at radius 1 is 1.15 bits per heavy atom. The van der Waals surface area contributed by atoms with Gasteiger partial charge in [0.25, 0.3) is 0 Å². The first-order valence-electron chi connectivity index (χ1n) is 5.99. The van der Waals surface area contributed by atoms with E-state index in [0.717, 1.165) is 14.7 Å². The Bertz CT molecular complexity index is 646. The number of ether oxygens (including phenoxy) is 1. The molecule has 0 aliphatic heterocycles. The third-order valence-electron chi connectivity index (χ3n) is 3.16. The lowest BCUT2D eigenvalue weighted by Gasteiger charge is -2.18. The van der Waals surface area contributed by atoms with E-state index in [4.69, 9.17) is 33.7 Å². The maximum atomic E-state index is 6.36. The van der Waals surface area contributed by atoms with Crippen LogP contribution in [0.15, 0.2) is 30.3 Å². The molecule has 0 aliphatic rings. The predicted octanol–water partition coefficient (Wildman–Crippen LogP) is 4.96. The maximum absolute atomic E-state index is 6.36. The molecule has 106 valence electrons. The van der Waals surface area contributed by atoms with Gasteiger partial charge in [-0.05, 0) is 52.3 Å². The standard InChI is InChI=1S/C15H14Cl2INO/c1-8-4-3-5-9(14(8)18)15(19)10-6-12(17)13(20-2)7-11(10)16/h3-7,15H,19H2,1-2H3. The van der Waals surface area contributed by atoms with Gasteiger partial charge in [-0.25, -0.2) is 0 Å². The van der Waals surface area contributed by atoms with Crippen molar-refractivity contribution >= 4 is 45.8 Å². The number of benzene rings is 2. The van der Waals surface area contributed by atoms with Gasteiger partial charge < -0.3 is 10.5 Å². The van der Waals surface area contributed by atoms with Gasteiger partial charge in [0, 0.05) is 14.7 Å². The van der Waals surface area contributed by atoms with E-state index in [1.54, 1.807) is 19.2 Å². The molecule has 0 aromatic heterocycles. The summed E-state index contributed by atoms with van der Waals surface area (Å²) >= 11 is 14.8. The van der Waals surface area contributed by atoms with E-state index < -0.39 is 0 Å². The van der Waals surface area contributed by atoms with Crippen LogP contribution >= 0.6 is 45.8 Å². The van der Waals surface area contributed by atoms with Crippen LogP contribution in [0.2, 0.25) is 10.0 Å². The van der Waals surface area contributed by atoms with Crippen molar-refractivity contribution < 1.29 is 4.74 Å². The average molecular weight is 422 g/mol. The van der Waals surface area contributed by atoms with Gasteiger partial charge >= 0.3 is 0 Å². The zero-order chi connectivity index (χ0) is 14.9. The molecule has 2 rings (SSSR count). The van der Waals surface area contributed by atoms with Crippen molar-refractivity contribution in [3.63, 3.8) is 0 Å². The molecule has 0 saturated heterocycles. The van der Waals surface area contributed by atoms with Crippen molar-refractivity contribution in [3.8, 4) is 5.75 Å². The highest BCUT2D eigenvalue weighted by atomic mass is 127. The number of nitrogens with two attached hydrogens (primary N) is 1. The third-order valence-corrected chi connectivity index (χ3v) is 5.26. The molecule has 2 aromatic carbocycles. The van der Waals surface area contributed by atoms with Gasteiger partial charge in [0.1, 0.15) is 5.75 Å². The van der Waals surface area contributed by atoms with Gasteiger partial charge in [-0.3, -0.25) is 0 Å². The van der Waals surface area contributed by atoms with Crippen LogP contribution in [0.3, 0.4) is 0 Å². The van der Waals surface area contributed by atoms with Gasteiger partial charge in [0.2, 0.25) is 0 Å². The summed E-state index contributed by atoms with van der Waals surface area (Å²) < 4.78 is 6.29. The lowest BCUT2D eigenvalue weighted by molar-refractivity contribution is 0.415. The summed E-state index contributed by atoms with van der Waals surface area (Å²) in [6, 6.07) is 9.20. The second-order valence-electron chi connectivity index (χ2n) is 4.46. The zero-order valence-electron chi connectivity index (χ0n) is 11.1. The molecule has 0 heterocycles. The summed E-state index contributed by atoms with van der Waals surface area (Å²) in [5.74, 6) is 0.548. The van der Waals surface area contributed by atoms with E-state index in [9.17, 15) is 0 Å². The molecule has 2 N–H and O–H groups in total. The maximum Gasteiger partial charge on any atom is 0.138 e. The number of hydrogen-bond acceptors (Lipinski definition) is 2. The second-order valence-corrected chi connectivity index (χ2v) is 6.36. The van der Waals surface area contributed by atoms with Gasteiger partial charge in [-0.15, -0.1) is 0 Å². The highest BCUT2D eigenvalue weighted by Gasteiger charge is 2.18. The molecule has 1 atom stereocenters. The molecule has 0 spiro atoms. The smallest absolute Gasteiger partial charge is 0.138 e. The number of hydrogen-bond donors (Lipinski definition) is 1. The Labute approximate surface area is 142 Å². The lowest BCUT2D eigenvalue weighted by Crippen LogP contribution is -2.14. The number of halogens is 3. The Balaban J connectivity index is 2.51. The van der Waals surface area contributed by atoms with Crippen LogP contribution in [0, 0.1) is 10.5 Å². The molecule has 2 nitrogen and oxygen atoms in total. The van der Waals surface area contributed by atoms with Crippen LogP contribution in [0.1, 0.15) is 22.7 Å². The first-order chi connectivity index (χ1) is 9.45. The molecule has 2 aromatic rings. The Morgan fingerprint density at radius 3 is 2.50 bits per heavy atom. The first-order valence-corrected chi connectivity index (χ1v) is 7.82.